The number of hydrogen-bond acceptors (Lipinski definition) is 6. The summed E-state index contributed by atoms with van der Waals surface area (Å²) in [6, 6.07) is -0.403. The summed E-state index contributed by atoms with van der Waals surface area (Å²) >= 11 is 0. The Balaban J connectivity index is 1.44. The maximum atomic E-state index is 13.1. The third kappa shape index (κ3) is 3.90. The van der Waals surface area contributed by atoms with E-state index in [1.165, 1.54) is 19.2 Å². The summed E-state index contributed by atoms with van der Waals surface area (Å²) in [4.78, 5) is 40.0. The summed E-state index contributed by atoms with van der Waals surface area (Å²) in [6.45, 7) is 5.73. The fourth-order valence-corrected chi connectivity index (χ4v) is 4.59. The molecule has 1 aliphatic carbocycles. The van der Waals surface area contributed by atoms with Crippen LogP contribution in [0.2, 0.25) is 0 Å². The first kappa shape index (κ1) is 19.6. The van der Waals surface area contributed by atoms with Gasteiger partial charge < -0.3 is 20.5 Å². The molecule has 0 bridgehead atoms. The molecule has 9 heteroatoms. The van der Waals surface area contributed by atoms with E-state index in [-0.39, 0.29) is 24.2 Å². The van der Waals surface area contributed by atoms with Gasteiger partial charge in [0.1, 0.15) is 24.4 Å². The first-order valence-electron chi connectivity index (χ1n) is 10.4. The quantitative estimate of drug-likeness (QED) is 0.753. The second-order valence-electron chi connectivity index (χ2n) is 8.56. The molecule has 3 heterocycles. The van der Waals surface area contributed by atoms with Gasteiger partial charge >= 0.3 is 0 Å². The third-order valence-corrected chi connectivity index (χ3v) is 6.36. The predicted molar refractivity (Wildman–Crippen MR) is 109 cm³/mol. The van der Waals surface area contributed by atoms with Gasteiger partial charge in [-0.05, 0) is 37.0 Å². The van der Waals surface area contributed by atoms with E-state index in [0.717, 1.165) is 18.8 Å². The van der Waals surface area contributed by atoms with Crippen LogP contribution in [0.5, 0.6) is 0 Å². The van der Waals surface area contributed by atoms with Crippen LogP contribution in [-0.2, 0) is 16.1 Å². The Hall–Kier alpha value is -2.71. The molecular weight excluding hydrogens is 370 g/mol. The lowest BCUT2D eigenvalue weighted by atomic mass is 9.76. The van der Waals surface area contributed by atoms with Crippen molar-refractivity contribution in [3.8, 4) is 0 Å². The highest BCUT2D eigenvalue weighted by molar-refractivity contribution is 5.89. The first-order valence-corrected chi connectivity index (χ1v) is 10.4. The molecule has 2 aromatic heterocycles. The van der Waals surface area contributed by atoms with Crippen LogP contribution in [0.15, 0.2) is 12.7 Å². The number of nitrogens with one attached hydrogen (secondary N) is 1. The zero-order valence-electron chi connectivity index (χ0n) is 17.0. The number of aromatic nitrogens is 4. The van der Waals surface area contributed by atoms with Crippen LogP contribution in [0.1, 0.15) is 39.5 Å². The highest BCUT2D eigenvalue weighted by Gasteiger charge is 2.39. The molecular formula is C20H29N7O2. The molecule has 156 valence electrons. The molecule has 0 spiro atoms. The Morgan fingerprint density at radius 3 is 2.72 bits per heavy atom. The minimum absolute atomic E-state index is 0.0316. The zero-order chi connectivity index (χ0) is 20.5. The van der Waals surface area contributed by atoms with Gasteiger partial charge in [0.05, 0.1) is 6.33 Å². The Labute approximate surface area is 170 Å². The molecule has 4 rings (SSSR count). The van der Waals surface area contributed by atoms with E-state index in [4.69, 9.17) is 5.73 Å². The maximum Gasteiger partial charge on any atom is 0.243 e. The number of carbonyl (C=O) groups excluding carboxylic acids is 2. The summed E-state index contributed by atoms with van der Waals surface area (Å²) in [5, 5.41) is 3.08. The highest BCUT2D eigenvalue weighted by Crippen LogP contribution is 2.32. The number of imidazole rings is 1. The topological polar surface area (TPSA) is 119 Å². The Morgan fingerprint density at radius 1 is 1.21 bits per heavy atom. The van der Waals surface area contributed by atoms with Gasteiger partial charge in [-0.2, -0.15) is 0 Å². The molecule has 0 unspecified atom stereocenters. The number of carbonyl (C=O) groups is 2. The number of anilines is 1. The van der Waals surface area contributed by atoms with E-state index in [1.54, 1.807) is 15.8 Å². The van der Waals surface area contributed by atoms with Crippen LogP contribution in [-0.4, -0.2) is 55.4 Å². The fraction of sp³-hybridized carbons (Fsp3) is 0.650. The van der Waals surface area contributed by atoms with E-state index in [2.05, 4.69) is 34.1 Å². The maximum absolute atomic E-state index is 13.1. The molecule has 2 aliphatic rings. The number of nitrogen functional groups attached to an aromatic ring is 1. The molecule has 1 aliphatic heterocycles. The van der Waals surface area contributed by atoms with Crippen molar-refractivity contribution in [3.05, 3.63) is 12.7 Å². The van der Waals surface area contributed by atoms with Crippen molar-refractivity contribution in [1.82, 2.24) is 29.7 Å². The van der Waals surface area contributed by atoms with E-state index in [1.807, 2.05) is 0 Å². The average molecular weight is 399 g/mol. The predicted octanol–water partition coefficient (Wildman–Crippen LogP) is 1.20. The van der Waals surface area contributed by atoms with Crippen molar-refractivity contribution < 1.29 is 9.59 Å². The van der Waals surface area contributed by atoms with Gasteiger partial charge in [0.2, 0.25) is 11.8 Å². The zero-order valence-corrected chi connectivity index (χ0v) is 17.0. The largest absolute Gasteiger partial charge is 0.382 e. The normalized spacial score (nSPS) is 26.5. The van der Waals surface area contributed by atoms with Crippen LogP contribution in [0.25, 0.3) is 11.2 Å². The molecule has 9 nitrogen and oxygen atoms in total. The monoisotopic (exact) mass is 399 g/mol. The number of nitrogens with zero attached hydrogens (tertiary/aromatic N) is 5. The number of likely N-dealkylation sites (tertiary alicyclic amines) is 1. The summed E-state index contributed by atoms with van der Waals surface area (Å²) in [5.74, 6) is 1.83. The lowest BCUT2D eigenvalue weighted by Gasteiger charge is -2.33. The molecule has 29 heavy (non-hydrogen) atoms. The van der Waals surface area contributed by atoms with Crippen LogP contribution >= 0.6 is 0 Å². The Morgan fingerprint density at radius 2 is 2.00 bits per heavy atom. The minimum atomic E-state index is -0.403. The van der Waals surface area contributed by atoms with Gasteiger partial charge in [0.25, 0.3) is 0 Å². The fourth-order valence-electron chi connectivity index (χ4n) is 4.59. The lowest BCUT2D eigenvalue weighted by molar-refractivity contribution is -0.139. The lowest BCUT2D eigenvalue weighted by Crippen LogP contribution is -2.48. The van der Waals surface area contributed by atoms with Crippen LogP contribution < -0.4 is 11.1 Å². The number of rotatable bonds is 6. The molecule has 0 radical (unpaired) electrons. The standard InChI is InChI=1S/C20H29N7O2/c1-3-13-6-15(20(29)22-7-14-4-12(2)5-14)27(8-13)16(28)9-26-11-25-17-18(21)23-10-24-19(17)26/h10-15H,3-9H2,1-2H3,(H,22,29)(H2,21,23,24)/t12?,13-,14?,15+/m1/s1. The van der Waals surface area contributed by atoms with Crippen molar-refractivity contribution in [2.45, 2.75) is 52.1 Å². The first-order chi connectivity index (χ1) is 14.0. The van der Waals surface area contributed by atoms with Crippen molar-refractivity contribution in [3.63, 3.8) is 0 Å². The Bertz CT molecular complexity index is 905. The molecule has 2 fully saturated rings. The molecule has 1 saturated heterocycles. The number of nitrogens with two attached hydrogens (primary N) is 1. The van der Waals surface area contributed by atoms with Gasteiger partial charge in [-0.1, -0.05) is 20.3 Å². The molecule has 0 aromatic carbocycles. The number of fused-ring (bicyclic) bond motifs is 1. The van der Waals surface area contributed by atoms with Crippen molar-refractivity contribution in [2.75, 3.05) is 18.8 Å². The van der Waals surface area contributed by atoms with Crippen LogP contribution in [0, 0.1) is 17.8 Å². The average Bonchev–Trinajstić information content (AvgIpc) is 3.29. The molecule has 2 amide bonds. The number of amides is 2. The summed E-state index contributed by atoms with van der Waals surface area (Å²) in [7, 11) is 0. The smallest absolute Gasteiger partial charge is 0.243 e. The van der Waals surface area contributed by atoms with Gasteiger partial charge in [0.15, 0.2) is 11.5 Å². The van der Waals surface area contributed by atoms with Gasteiger partial charge in [-0.15, -0.1) is 0 Å². The van der Waals surface area contributed by atoms with Gasteiger partial charge in [-0.25, -0.2) is 15.0 Å². The summed E-state index contributed by atoms with van der Waals surface area (Å²) in [6.07, 6.45) is 6.92. The van der Waals surface area contributed by atoms with Crippen LogP contribution in [0.3, 0.4) is 0 Å². The Kier molecular flexibility index (Phi) is 5.38. The van der Waals surface area contributed by atoms with Crippen LogP contribution in [0.4, 0.5) is 5.82 Å². The van der Waals surface area contributed by atoms with Gasteiger partial charge in [0, 0.05) is 13.1 Å². The van der Waals surface area contributed by atoms with Gasteiger partial charge in [-0.3, -0.25) is 9.59 Å². The van der Waals surface area contributed by atoms with Crippen molar-refractivity contribution in [1.29, 1.82) is 0 Å². The van der Waals surface area contributed by atoms with Crippen molar-refractivity contribution >= 4 is 28.8 Å². The summed E-state index contributed by atoms with van der Waals surface area (Å²) < 4.78 is 1.67. The van der Waals surface area contributed by atoms with E-state index < -0.39 is 6.04 Å². The molecule has 3 N–H and O–H groups in total. The summed E-state index contributed by atoms with van der Waals surface area (Å²) in [5.41, 5.74) is 6.84. The SMILES string of the molecule is CC[C@@H]1C[C@@H](C(=O)NCC2CC(C)C2)N(C(=O)Cn2cnc3c(N)ncnc32)C1. The minimum Gasteiger partial charge on any atom is -0.382 e. The third-order valence-electron chi connectivity index (χ3n) is 6.36. The molecule has 2 atom stereocenters. The second-order valence-corrected chi connectivity index (χ2v) is 8.56. The van der Waals surface area contributed by atoms with E-state index in [9.17, 15) is 9.59 Å². The molecule has 1 saturated carbocycles. The molecule has 2 aromatic rings. The van der Waals surface area contributed by atoms with Crippen molar-refractivity contribution in [2.24, 2.45) is 17.8 Å². The van der Waals surface area contributed by atoms with E-state index in [0.29, 0.717) is 36.1 Å². The number of hydrogen-bond donors (Lipinski definition) is 2. The highest BCUT2D eigenvalue weighted by atomic mass is 16.2. The second kappa shape index (κ2) is 7.96. The van der Waals surface area contributed by atoms with E-state index >= 15 is 0 Å².